The van der Waals surface area contributed by atoms with Crippen LogP contribution < -0.4 is 0 Å². The number of ether oxygens (including phenoxy) is 1. The molecule has 0 saturated carbocycles. The first-order valence-corrected chi connectivity index (χ1v) is 6.72. The molecule has 0 amide bonds. The van der Waals surface area contributed by atoms with Gasteiger partial charge >= 0.3 is 5.97 Å². The zero-order valence-corrected chi connectivity index (χ0v) is 11.6. The van der Waals surface area contributed by atoms with Gasteiger partial charge in [0.2, 0.25) is 0 Å². The molecule has 0 aliphatic heterocycles. The third kappa shape index (κ3) is 3.86. The largest absolute Gasteiger partial charge is 0.461 e. The van der Waals surface area contributed by atoms with Gasteiger partial charge in [0.25, 0.3) is 5.69 Å². The topological polar surface area (TPSA) is 82.3 Å². The summed E-state index contributed by atoms with van der Waals surface area (Å²) in [6, 6.07) is 5.90. The number of nitrogens with zero attached hydrogens (tertiary/aromatic N) is 2. The average Bonchev–Trinajstić information content (AvgIpc) is 2.82. The number of carbonyl (C=O) groups is 1. The molecule has 1 aromatic carbocycles. The van der Waals surface area contributed by atoms with E-state index in [0.717, 1.165) is 5.01 Å². The van der Waals surface area contributed by atoms with E-state index in [4.69, 9.17) is 4.74 Å². The number of aryl methyl sites for hydroxylation is 1. The van der Waals surface area contributed by atoms with Gasteiger partial charge < -0.3 is 4.74 Å². The lowest BCUT2D eigenvalue weighted by molar-refractivity contribution is -0.384. The molecule has 0 bridgehead atoms. The predicted octanol–water partition coefficient (Wildman–Crippen LogP) is 2.65. The third-order valence-electron chi connectivity index (χ3n) is 2.54. The minimum absolute atomic E-state index is 0.0121. The third-order valence-corrected chi connectivity index (χ3v) is 3.36. The minimum Gasteiger partial charge on any atom is -0.461 e. The van der Waals surface area contributed by atoms with Gasteiger partial charge in [-0.3, -0.25) is 14.9 Å². The fraction of sp³-hybridized carbons (Fsp3) is 0.231. The molecule has 0 atom stereocenters. The smallest absolute Gasteiger partial charge is 0.312 e. The summed E-state index contributed by atoms with van der Waals surface area (Å²) in [5, 5.41) is 13.2. The van der Waals surface area contributed by atoms with E-state index in [-0.39, 0.29) is 24.7 Å². The summed E-state index contributed by atoms with van der Waals surface area (Å²) < 4.78 is 5.10. The Kier molecular flexibility index (Phi) is 4.41. The van der Waals surface area contributed by atoms with Crippen LogP contribution in [0.1, 0.15) is 16.3 Å². The maximum atomic E-state index is 11.6. The second-order valence-electron chi connectivity index (χ2n) is 4.12. The fourth-order valence-electron chi connectivity index (χ4n) is 1.57. The molecule has 20 heavy (non-hydrogen) atoms. The van der Waals surface area contributed by atoms with E-state index < -0.39 is 4.92 Å². The molecule has 0 saturated heterocycles. The highest BCUT2D eigenvalue weighted by Gasteiger charge is 2.09. The van der Waals surface area contributed by atoms with Crippen LogP contribution in [0.3, 0.4) is 0 Å². The maximum Gasteiger partial charge on any atom is 0.312 e. The van der Waals surface area contributed by atoms with Crippen molar-refractivity contribution >= 4 is 23.0 Å². The molecule has 7 heteroatoms. The Morgan fingerprint density at radius 1 is 1.40 bits per heavy atom. The summed E-state index contributed by atoms with van der Waals surface area (Å²) in [5.41, 5.74) is 1.41. The molecule has 2 aromatic rings. The van der Waals surface area contributed by atoms with Crippen LogP contribution in [0.25, 0.3) is 0 Å². The number of non-ortho nitro benzene ring substituents is 1. The van der Waals surface area contributed by atoms with Crippen LogP contribution in [-0.2, 0) is 22.6 Å². The first-order chi connectivity index (χ1) is 9.54. The van der Waals surface area contributed by atoms with Crippen molar-refractivity contribution in [1.82, 2.24) is 4.98 Å². The quantitative estimate of drug-likeness (QED) is 0.480. The lowest BCUT2D eigenvalue weighted by atomic mass is 10.2. The van der Waals surface area contributed by atoms with Gasteiger partial charge in [0.05, 0.1) is 22.0 Å². The molecule has 0 aliphatic rings. The van der Waals surface area contributed by atoms with Crippen molar-refractivity contribution < 1.29 is 14.5 Å². The van der Waals surface area contributed by atoms with E-state index in [9.17, 15) is 14.9 Å². The second-order valence-corrected chi connectivity index (χ2v) is 5.18. The molecule has 104 valence electrons. The SMILES string of the molecule is Cc1nc(CC(=O)OCc2ccc([N+](=O)[O-])cc2)cs1. The molecule has 6 nitrogen and oxygen atoms in total. The van der Waals surface area contributed by atoms with Crippen LogP contribution in [0.5, 0.6) is 0 Å². The lowest BCUT2D eigenvalue weighted by Crippen LogP contribution is -2.08. The summed E-state index contributed by atoms with van der Waals surface area (Å²) in [4.78, 5) is 25.8. The number of carbonyl (C=O) groups excluding carboxylic acids is 1. The number of nitro groups is 1. The number of hydrogen-bond donors (Lipinski definition) is 0. The molecule has 1 heterocycles. The summed E-state index contributed by atoms with van der Waals surface area (Å²) in [6.07, 6.45) is 0.136. The van der Waals surface area contributed by atoms with E-state index in [1.165, 1.54) is 23.5 Å². The molecule has 0 N–H and O–H groups in total. The Balaban J connectivity index is 1.85. The second kappa shape index (κ2) is 6.25. The van der Waals surface area contributed by atoms with E-state index in [1.807, 2.05) is 12.3 Å². The van der Waals surface area contributed by atoms with Crippen LogP contribution in [0, 0.1) is 17.0 Å². The van der Waals surface area contributed by atoms with Crippen LogP contribution in [0.15, 0.2) is 29.6 Å². The number of benzene rings is 1. The van der Waals surface area contributed by atoms with Gasteiger partial charge in [-0.2, -0.15) is 0 Å². The van der Waals surface area contributed by atoms with E-state index in [0.29, 0.717) is 11.3 Å². The number of rotatable bonds is 5. The zero-order valence-electron chi connectivity index (χ0n) is 10.7. The fourth-order valence-corrected chi connectivity index (χ4v) is 2.18. The molecule has 0 radical (unpaired) electrons. The van der Waals surface area contributed by atoms with Gasteiger partial charge in [0.1, 0.15) is 6.61 Å². The van der Waals surface area contributed by atoms with Gasteiger partial charge in [0, 0.05) is 17.5 Å². The minimum atomic E-state index is -0.472. The predicted molar refractivity (Wildman–Crippen MR) is 73.4 cm³/mol. The number of aromatic nitrogens is 1. The molecule has 0 spiro atoms. The molecular formula is C13H12N2O4S. The van der Waals surface area contributed by atoms with Crippen molar-refractivity contribution in [1.29, 1.82) is 0 Å². The van der Waals surface area contributed by atoms with Gasteiger partial charge in [0.15, 0.2) is 0 Å². The highest BCUT2D eigenvalue weighted by molar-refractivity contribution is 7.09. The van der Waals surface area contributed by atoms with Gasteiger partial charge in [-0.15, -0.1) is 11.3 Å². The highest BCUT2D eigenvalue weighted by atomic mass is 32.1. The number of nitro benzene ring substituents is 1. The van der Waals surface area contributed by atoms with Gasteiger partial charge in [-0.25, -0.2) is 4.98 Å². The summed E-state index contributed by atoms with van der Waals surface area (Å²) in [5.74, 6) is -0.367. The van der Waals surface area contributed by atoms with Gasteiger partial charge in [-0.05, 0) is 24.6 Å². The average molecular weight is 292 g/mol. The summed E-state index contributed by atoms with van der Waals surface area (Å²) in [6.45, 7) is 1.97. The molecule has 0 unspecified atom stereocenters. The monoisotopic (exact) mass is 292 g/mol. The summed E-state index contributed by atoms with van der Waals surface area (Å²) in [7, 11) is 0. The Morgan fingerprint density at radius 3 is 2.65 bits per heavy atom. The van der Waals surface area contributed by atoms with Crippen molar-refractivity contribution in [3.8, 4) is 0 Å². The molecule has 1 aromatic heterocycles. The highest BCUT2D eigenvalue weighted by Crippen LogP contribution is 2.13. The number of thiazole rings is 1. The van der Waals surface area contributed by atoms with Crippen molar-refractivity contribution in [3.63, 3.8) is 0 Å². The Hall–Kier alpha value is -2.28. The Bertz CT molecular complexity index is 622. The molecule has 0 fully saturated rings. The normalized spacial score (nSPS) is 10.2. The van der Waals surface area contributed by atoms with Gasteiger partial charge in [-0.1, -0.05) is 0 Å². The Labute approximate surface area is 119 Å². The van der Waals surface area contributed by atoms with Crippen molar-refractivity contribution in [2.24, 2.45) is 0 Å². The van der Waals surface area contributed by atoms with Crippen LogP contribution >= 0.6 is 11.3 Å². The van der Waals surface area contributed by atoms with E-state index in [2.05, 4.69) is 4.98 Å². The Morgan fingerprint density at radius 2 is 2.10 bits per heavy atom. The van der Waals surface area contributed by atoms with Crippen LogP contribution in [0.2, 0.25) is 0 Å². The van der Waals surface area contributed by atoms with Crippen molar-refractivity contribution in [3.05, 3.63) is 56.0 Å². The van der Waals surface area contributed by atoms with E-state index >= 15 is 0 Å². The van der Waals surface area contributed by atoms with Crippen LogP contribution in [-0.4, -0.2) is 15.9 Å². The van der Waals surface area contributed by atoms with Crippen molar-refractivity contribution in [2.45, 2.75) is 20.0 Å². The molecule has 0 aliphatic carbocycles. The maximum absolute atomic E-state index is 11.6. The molecule has 2 rings (SSSR count). The van der Waals surface area contributed by atoms with E-state index in [1.54, 1.807) is 12.1 Å². The van der Waals surface area contributed by atoms with Crippen molar-refractivity contribution in [2.75, 3.05) is 0 Å². The summed E-state index contributed by atoms with van der Waals surface area (Å²) >= 11 is 1.48. The zero-order chi connectivity index (χ0) is 14.5. The first-order valence-electron chi connectivity index (χ1n) is 5.84. The molecular weight excluding hydrogens is 280 g/mol. The lowest BCUT2D eigenvalue weighted by Gasteiger charge is -2.03. The number of hydrogen-bond acceptors (Lipinski definition) is 6. The first kappa shape index (κ1) is 14.1. The standard InChI is InChI=1S/C13H12N2O4S/c1-9-14-11(8-20-9)6-13(16)19-7-10-2-4-12(5-3-10)15(17)18/h2-5,8H,6-7H2,1H3. The number of esters is 1. The van der Waals surface area contributed by atoms with Crippen LogP contribution in [0.4, 0.5) is 5.69 Å².